The molecule has 0 saturated carbocycles. The van der Waals surface area contributed by atoms with Gasteiger partial charge in [0.05, 0.1) is 22.9 Å². The molecular formula is C30H34Cl2N2O3S. The summed E-state index contributed by atoms with van der Waals surface area (Å²) in [5, 5.41) is 3.92. The first kappa shape index (κ1) is 29.9. The summed E-state index contributed by atoms with van der Waals surface area (Å²) in [6.45, 7) is 6.02. The second-order valence-electron chi connectivity index (χ2n) is 10.1. The van der Waals surface area contributed by atoms with Gasteiger partial charge in [-0.1, -0.05) is 71.7 Å². The predicted octanol–water partition coefficient (Wildman–Crippen LogP) is 6.79. The van der Waals surface area contributed by atoms with Crippen LogP contribution in [0.3, 0.4) is 0 Å². The van der Waals surface area contributed by atoms with Crippen LogP contribution in [0.2, 0.25) is 10.0 Å². The Morgan fingerprint density at radius 1 is 0.921 bits per heavy atom. The summed E-state index contributed by atoms with van der Waals surface area (Å²) in [7, 11) is 1.63. The van der Waals surface area contributed by atoms with Crippen LogP contribution in [0, 0.1) is 0 Å². The van der Waals surface area contributed by atoms with E-state index in [0.29, 0.717) is 22.2 Å². The van der Waals surface area contributed by atoms with Crippen LogP contribution in [0.25, 0.3) is 0 Å². The van der Waals surface area contributed by atoms with Gasteiger partial charge in [-0.25, -0.2) is 0 Å². The number of rotatable bonds is 11. The number of carbonyl (C=O) groups excluding carboxylic acids is 2. The molecule has 1 N–H and O–H groups in total. The number of halogens is 2. The van der Waals surface area contributed by atoms with Crippen molar-refractivity contribution in [2.24, 2.45) is 0 Å². The summed E-state index contributed by atoms with van der Waals surface area (Å²) in [4.78, 5) is 29.0. The predicted molar refractivity (Wildman–Crippen MR) is 158 cm³/mol. The number of ether oxygens (including phenoxy) is 1. The molecule has 0 radical (unpaired) electrons. The molecule has 0 spiro atoms. The Kier molecular flexibility index (Phi) is 11.0. The van der Waals surface area contributed by atoms with Crippen LogP contribution in [-0.2, 0) is 28.3 Å². The molecule has 0 fully saturated rings. The maximum atomic E-state index is 13.7. The van der Waals surface area contributed by atoms with Gasteiger partial charge in [-0.2, -0.15) is 0 Å². The normalized spacial score (nSPS) is 12.1. The average molecular weight is 574 g/mol. The quantitative estimate of drug-likeness (QED) is 0.275. The number of nitrogens with one attached hydrogen (secondary N) is 1. The van der Waals surface area contributed by atoms with Gasteiger partial charge in [0.1, 0.15) is 11.8 Å². The van der Waals surface area contributed by atoms with Crippen molar-refractivity contribution in [3.63, 3.8) is 0 Å². The second-order valence-corrected chi connectivity index (χ2v) is 11.9. The van der Waals surface area contributed by atoms with Crippen molar-refractivity contribution in [3.05, 3.63) is 99.5 Å². The number of carbonyl (C=O) groups is 2. The van der Waals surface area contributed by atoms with E-state index in [1.54, 1.807) is 24.1 Å². The molecule has 0 saturated heterocycles. The van der Waals surface area contributed by atoms with Gasteiger partial charge in [0.2, 0.25) is 11.8 Å². The molecule has 0 aliphatic heterocycles. The minimum Gasteiger partial charge on any atom is -0.497 e. The van der Waals surface area contributed by atoms with Crippen molar-refractivity contribution < 1.29 is 14.3 Å². The lowest BCUT2D eigenvalue weighted by atomic mass is 10.0. The van der Waals surface area contributed by atoms with E-state index in [4.69, 9.17) is 27.9 Å². The van der Waals surface area contributed by atoms with E-state index < -0.39 is 11.6 Å². The molecular weight excluding hydrogens is 539 g/mol. The number of benzene rings is 3. The van der Waals surface area contributed by atoms with Crippen LogP contribution in [-0.4, -0.2) is 41.2 Å². The SMILES string of the molecule is COc1ccc(CSCC(=O)N(Cc2ccc(Cl)c(Cl)c2)[C@H](Cc2ccccc2)C(=O)NC(C)(C)C)cc1. The molecule has 0 bridgehead atoms. The van der Waals surface area contributed by atoms with Crippen molar-refractivity contribution >= 4 is 46.8 Å². The molecule has 38 heavy (non-hydrogen) atoms. The number of amides is 2. The molecule has 3 aromatic carbocycles. The van der Waals surface area contributed by atoms with Gasteiger partial charge in [0.15, 0.2) is 0 Å². The first-order valence-electron chi connectivity index (χ1n) is 12.4. The third-order valence-corrected chi connectivity index (χ3v) is 7.49. The second kappa shape index (κ2) is 13.9. The summed E-state index contributed by atoms with van der Waals surface area (Å²) < 4.78 is 5.22. The fourth-order valence-electron chi connectivity index (χ4n) is 3.90. The zero-order valence-electron chi connectivity index (χ0n) is 22.2. The largest absolute Gasteiger partial charge is 0.497 e. The highest BCUT2D eigenvalue weighted by atomic mass is 35.5. The fourth-order valence-corrected chi connectivity index (χ4v) is 5.09. The highest BCUT2D eigenvalue weighted by Gasteiger charge is 2.32. The Labute approximate surface area is 239 Å². The van der Waals surface area contributed by atoms with E-state index in [9.17, 15) is 9.59 Å². The van der Waals surface area contributed by atoms with Gasteiger partial charge in [-0.3, -0.25) is 9.59 Å². The fraction of sp³-hybridized carbons (Fsp3) is 0.333. The van der Waals surface area contributed by atoms with Gasteiger partial charge >= 0.3 is 0 Å². The molecule has 5 nitrogen and oxygen atoms in total. The third kappa shape index (κ3) is 9.26. The van der Waals surface area contributed by atoms with E-state index in [0.717, 1.165) is 22.4 Å². The number of methoxy groups -OCH3 is 1. The van der Waals surface area contributed by atoms with Crippen molar-refractivity contribution in [2.75, 3.05) is 12.9 Å². The Balaban J connectivity index is 1.87. The lowest BCUT2D eigenvalue weighted by molar-refractivity contribution is -0.140. The molecule has 0 unspecified atom stereocenters. The molecule has 3 aromatic rings. The van der Waals surface area contributed by atoms with Crippen molar-refractivity contribution in [1.29, 1.82) is 0 Å². The van der Waals surface area contributed by atoms with E-state index in [2.05, 4.69) is 5.32 Å². The Hall–Kier alpha value is -2.67. The Morgan fingerprint density at radius 3 is 2.18 bits per heavy atom. The van der Waals surface area contributed by atoms with Crippen LogP contribution in [0.5, 0.6) is 5.75 Å². The molecule has 0 heterocycles. The summed E-state index contributed by atoms with van der Waals surface area (Å²) in [5.41, 5.74) is 2.41. The number of thioether (sulfide) groups is 1. The Bertz CT molecular complexity index is 1210. The van der Waals surface area contributed by atoms with Crippen molar-refractivity contribution in [1.82, 2.24) is 10.2 Å². The first-order valence-corrected chi connectivity index (χ1v) is 14.3. The minimum absolute atomic E-state index is 0.125. The van der Waals surface area contributed by atoms with E-state index in [1.165, 1.54) is 11.8 Å². The van der Waals surface area contributed by atoms with Gasteiger partial charge in [-0.05, 0) is 61.7 Å². The van der Waals surface area contributed by atoms with Gasteiger partial charge in [0, 0.05) is 24.3 Å². The zero-order valence-corrected chi connectivity index (χ0v) is 24.5. The molecule has 202 valence electrons. The van der Waals surface area contributed by atoms with Gasteiger partial charge in [0.25, 0.3) is 0 Å². The van der Waals surface area contributed by atoms with E-state index >= 15 is 0 Å². The molecule has 2 amide bonds. The van der Waals surface area contributed by atoms with Crippen LogP contribution in [0.1, 0.15) is 37.5 Å². The number of hydrogen-bond acceptors (Lipinski definition) is 4. The average Bonchev–Trinajstić information content (AvgIpc) is 2.88. The van der Waals surface area contributed by atoms with Gasteiger partial charge < -0.3 is 15.0 Å². The lowest BCUT2D eigenvalue weighted by Gasteiger charge is -2.34. The van der Waals surface area contributed by atoms with Crippen LogP contribution in [0.15, 0.2) is 72.8 Å². The number of nitrogens with zero attached hydrogens (tertiary/aromatic N) is 1. The Morgan fingerprint density at radius 2 is 1.58 bits per heavy atom. The standard InChI is InChI=1S/C30H34Cl2N2O3S/c1-30(2,3)33-29(36)27(17-21-8-6-5-7-9-21)34(18-23-12-15-25(31)26(32)16-23)28(35)20-38-19-22-10-13-24(37-4)14-11-22/h5-16,27H,17-20H2,1-4H3,(H,33,36)/t27-/m1/s1. The zero-order chi connectivity index (χ0) is 27.7. The highest BCUT2D eigenvalue weighted by Crippen LogP contribution is 2.25. The lowest BCUT2D eigenvalue weighted by Crippen LogP contribution is -2.54. The smallest absolute Gasteiger partial charge is 0.243 e. The minimum atomic E-state index is -0.708. The molecule has 0 aromatic heterocycles. The maximum absolute atomic E-state index is 13.7. The molecule has 0 aliphatic carbocycles. The monoisotopic (exact) mass is 572 g/mol. The highest BCUT2D eigenvalue weighted by molar-refractivity contribution is 7.99. The molecule has 3 rings (SSSR count). The third-order valence-electron chi connectivity index (χ3n) is 5.76. The molecule has 8 heteroatoms. The first-order chi connectivity index (χ1) is 18.1. The van der Waals surface area contributed by atoms with Crippen molar-refractivity contribution in [2.45, 2.75) is 51.1 Å². The summed E-state index contributed by atoms with van der Waals surface area (Å²) in [6.07, 6.45) is 0.388. The van der Waals surface area contributed by atoms with Crippen molar-refractivity contribution in [3.8, 4) is 5.75 Å². The van der Waals surface area contributed by atoms with Crippen LogP contribution in [0.4, 0.5) is 0 Å². The van der Waals surface area contributed by atoms with Gasteiger partial charge in [-0.15, -0.1) is 11.8 Å². The van der Waals surface area contributed by atoms with E-state index in [1.807, 2.05) is 81.4 Å². The number of hydrogen-bond donors (Lipinski definition) is 1. The molecule has 1 atom stereocenters. The topological polar surface area (TPSA) is 58.6 Å². The summed E-state index contributed by atoms with van der Waals surface area (Å²) in [6, 6.07) is 22.1. The molecule has 0 aliphatic rings. The van der Waals surface area contributed by atoms with Crippen LogP contribution < -0.4 is 10.1 Å². The van der Waals surface area contributed by atoms with Crippen LogP contribution >= 0.6 is 35.0 Å². The maximum Gasteiger partial charge on any atom is 0.243 e. The summed E-state index contributed by atoms with van der Waals surface area (Å²) >= 11 is 13.9. The summed E-state index contributed by atoms with van der Waals surface area (Å²) in [5.74, 6) is 1.35. The van der Waals surface area contributed by atoms with E-state index in [-0.39, 0.29) is 24.1 Å².